The van der Waals surface area contributed by atoms with Gasteiger partial charge in [0.25, 0.3) is 0 Å². The van der Waals surface area contributed by atoms with Crippen LogP contribution in [0.5, 0.6) is 5.75 Å². The minimum atomic E-state index is 0.376. The highest BCUT2D eigenvalue weighted by molar-refractivity contribution is 7.16. The number of ether oxygens (including phenoxy) is 1. The minimum Gasteiger partial charge on any atom is -0.492 e. The maximum absolute atomic E-state index is 5.91. The second-order valence-corrected chi connectivity index (χ2v) is 6.21. The van der Waals surface area contributed by atoms with Gasteiger partial charge in [0.05, 0.1) is 4.34 Å². The van der Waals surface area contributed by atoms with Crippen molar-refractivity contribution in [2.24, 2.45) is 0 Å². The zero-order valence-corrected chi connectivity index (χ0v) is 11.4. The molecule has 1 aromatic heterocycles. The summed E-state index contributed by atoms with van der Waals surface area (Å²) >= 11 is 7.54. The van der Waals surface area contributed by atoms with Gasteiger partial charge in [-0.1, -0.05) is 29.8 Å². The van der Waals surface area contributed by atoms with Crippen molar-refractivity contribution in [1.29, 1.82) is 0 Å². The monoisotopic (exact) mass is 279 g/mol. The van der Waals surface area contributed by atoms with Gasteiger partial charge in [0.1, 0.15) is 12.4 Å². The van der Waals surface area contributed by atoms with Crippen LogP contribution in [0.15, 0.2) is 36.4 Å². The SMILES string of the molecule is Clc1ccc(CNC2COc3ccccc3C2)s1. The molecule has 0 saturated carbocycles. The van der Waals surface area contributed by atoms with Gasteiger partial charge in [0.15, 0.2) is 0 Å². The van der Waals surface area contributed by atoms with E-state index in [1.165, 1.54) is 10.4 Å². The summed E-state index contributed by atoms with van der Waals surface area (Å²) in [5, 5.41) is 3.52. The fourth-order valence-corrected chi connectivity index (χ4v) is 3.19. The lowest BCUT2D eigenvalue weighted by molar-refractivity contribution is 0.238. The third kappa shape index (κ3) is 2.69. The molecule has 1 N–H and O–H groups in total. The van der Waals surface area contributed by atoms with Gasteiger partial charge in [-0.2, -0.15) is 0 Å². The first-order chi connectivity index (χ1) is 8.81. The van der Waals surface area contributed by atoms with Crippen LogP contribution in [0.2, 0.25) is 4.34 Å². The van der Waals surface area contributed by atoms with Crippen LogP contribution in [0.1, 0.15) is 10.4 Å². The summed E-state index contributed by atoms with van der Waals surface area (Å²) < 4.78 is 6.59. The molecule has 0 saturated heterocycles. The Hall–Kier alpha value is -1.03. The lowest BCUT2D eigenvalue weighted by Gasteiger charge is -2.25. The molecule has 4 heteroatoms. The average molecular weight is 280 g/mol. The molecule has 1 aliphatic heterocycles. The first kappa shape index (κ1) is 12.0. The summed E-state index contributed by atoms with van der Waals surface area (Å²) in [5.74, 6) is 1.02. The quantitative estimate of drug-likeness (QED) is 0.929. The molecule has 94 valence electrons. The first-order valence-corrected chi connectivity index (χ1v) is 7.19. The Kier molecular flexibility index (Phi) is 3.55. The number of halogens is 1. The smallest absolute Gasteiger partial charge is 0.122 e. The fourth-order valence-electron chi connectivity index (χ4n) is 2.15. The largest absolute Gasteiger partial charge is 0.492 e. The Morgan fingerprint density at radius 1 is 1.28 bits per heavy atom. The molecule has 2 heterocycles. The predicted octanol–water partition coefficient (Wildman–Crippen LogP) is 3.49. The molecule has 1 unspecified atom stereocenters. The molecule has 0 fully saturated rings. The van der Waals surface area contributed by atoms with Gasteiger partial charge < -0.3 is 10.1 Å². The average Bonchev–Trinajstić information content (AvgIpc) is 2.82. The number of hydrogen-bond donors (Lipinski definition) is 1. The zero-order chi connectivity index (χ0) is 12.4. The number of para-hydroxylation sites is 1. The van der Waals surface area contributed by atoms with Crippen molar-refractivity contribution in [1.82, 2.24) is 5.32 Å². The van der Waals surface area contributed by atoms with Crippen LogP contribution < -0.4 is 10.1 Å². The van der Waals surface area contributed by atoms with E-state index in [2.05, 4.69) is 23.5 Å². The maximum Gasteiger partial charge on any atom is 0.122 e. The van der Waals surface area contributed by atoms with E-state index in [1.54, 1.807) is 11.3 Å². The number of thiophene rings is 1. The second kappa shape index (κ2) is 5.31. The van der Waals surface area contributed by atoms with E-state index in [0.717, 1.165) is 29.7 Å². The number of fused-ring (bicyclic) bond motifs is 1. The van der Waals surface area contributed by atoms with Crippen molar-refractivity contribution < 1.29 is 4.74 Å². The minimum absolute atomic E-state index is 0.376. The van der Waals surface area contributed by atoms with Crippen LogP contribution in [0.4, 0.5) is 0 Å². The number of nitrogens with one attached hydrogen (secondary N) is 1. The van der Waals surface area contributed by atoms with E-state index in [9.17, 15) is 0 Å². The summed E-state index contributed by atoms with van der Waals surface area (Å²) in [6.45, 7) is 1.59. The van der Waals surface area contributed by atoms with Gasteiger partial charge in [0, 0.05) is 17.5 Å². The third-order valence-electron chi connectivity index (χ3n) is 3.07. The Morgan fingerprint density at radius 2 is 2.17 bits per heavy atom. The lowest BCUT2D eigenvalue weighted by atomic mass is 10.0. The normalized spacial score (nSPS) is 18.2. The highest BCUT2D eigenvalue weighted by Crippen LogP contribution is 2.25. The van der Waals surface area contributed by atoms with Crippen molar-refractivity contribution in [2.45, 2.75) is 19.0 Å². The molecule has 0 aliphatic carbocycles. The Bertz CT molecular complexity index is 540. The molecule has 1 aliphatic rings. The topological polar surface area (TPSA) is 21.3 Å². The highest BCUT2D eigenvalue weighted by atomic mass is 35.5. The summed E-state index contributed by atoms with van der Waals surface area (Å²) in [7, 11) is 0. The van der Waals surface area contributed by atoms with Gasteiger partial charge in [-0.3, -0.25) is 0 Å². The van der Waals surface area contributed by atoms with E-state index in [0.29, 0.717) is 6.04 Å². The molecule has 0 spiro atoms. The standard InChI is InChI=1S/C14H14ClNOS/c15-14-6-5-12(18-14)8-16-11-7-10-3-1-2-4-13(10)17-9-11/h1-6,11,16H,7-9H2. The molecule has 3 rings (SSSR count). The summed E-state index contributed by atoms with van der Waals surface area (Å²) in [4.78, 5) is 1.26. The Labute approximate surface area is 116 Å². The Balaban J connectivity index is 1.59. The lowest BCUT2D eigenvalue weighted by Crippen LogP contribution is -2.38. The van der Waals surface area contributed by atoms with Gasteiger partial charge in [-0.15, -0.1) is 11.3 Å². The maximum atomic E-state index is 5.91. The van der Waals surface area contributed by atoms with Crippen LogP contribution in [0.25, 0.3) is 0 Å². The number of rotatable bonds is 3. The molecular formula is C14H14ClNOS. The highest BCUT2D eigenvalue weighted by Gasteiger charge is 2.18. The fraction of sp³-hybridized carbons (Fsp3) is 0.286. The van der Waals surface area contributed by atoms with Crippen molar-refractivity contribution in [3.8, 4) is 5.75 Å². The molecule has 1 aromatic carbocycles. The molecular weight excluding hydrogens is 266 g/mol. The number of benzene rings is 1. The molecule has 0 radical (unpaired) electrons. The molecule has 0 bridgehead atoms. The van der Waals surface area contributed by atoms with Crippen molar-refractivity contribution in [2.75, 3.05) is 6.61 Å². The third-order valence-corrected chi connectivity index (χ3v) is 4.30. The molecule has 1 atom stereocenters. The van der Waals surface area contributed by atoms with Crippen molar-refractivity contribution in [3.63, 3.8) is 0 Å². The van der Waals surface area contributed by atoms with E-state index in [1.807, 2.05) is 18.2 Å². The molecule has 18 heavy (non-hydrogen) atoms. The van der Waals surface area contributed by atoms with Crippen LogP contribution in [-0.4, -0.2) is 12.6 Å². The predicted molar refractivity (Wildman–Crippen MR) is 75.6 cm³/mol. The van der Waals surface area contributed by atoms with Gasteiger partial charge in [0.2, 0.25) is 0 Å². The first-order valence-electron chi connectivity index (χ1n) is 5.99. The van der Waals surface area contributed by atoms with Crippen LogP contribution in [0, 0.1) is 0 Å². The van der Waals surface area contributed by atoms with Crippen LogP contribution in [-0.2, 0) is 13.0 Å². The molecule has 2 aromatic rings. The number of hydrogen-bond acceptors (Lipinski definition) is 3. The van der Waals surface area contributed by atoms with Gasteiger partial charge in [-0.05, 0) is 30.2 Å². The van der Waals surface area contributed by atoms with E-state index in [4.69, 9.17) is 16.3 Å². The van der Waals surface area contributed by atoms with E-state index >= 15 is 0 Å². The molecule has 0 amide bonds. The zero-order valence-electron chi connectivity index (χ0n) is 9.86. The van der Waals surface area contributed by atoms with Crippen molar-refractivity contribution >= 4 is 22.9 Å². The van der Waals surface area contributed by atoms with E-state index < -0.39 is 0 Å². The summed E-state index contributed by atoms with van der Waals surface area (Å²) in [6.07, 6.45) is 1.02. The summed E-state index contributed by atoms with van der Waals surface area (Å²) in [6, 6.07) is 12.6. The Morgan fingerprint density at radius 3 is 3.00 bits per heavy atom. The molecule has 2 nitrogen and oxygen atoms in total. The van der Waals surface area contributed by atoms with E-state index in [-0.39, 0.29) is 0 Å². The second-order valence-electron chi connectivity index (χ2n) is 4.41. The van der Waals surface area contributed by atoms with Crippen molar-refractivity contribution in [3.05, 3.63) is 51.2 Å². The van der Waals surface area contributed by atoms with Gasteiger partial charge in [-0.25, -0.2) is 0 Å². The van der Waals surface area contributed by atoms with Crippen LogP contribution in [0.3, 0.4) is 0 Å². The van der Waals surface area contributed by atoms with Gasteiger partial charge >= 0.3 is 0 Å². The summed E-state index contributed by atoms with van der Waals surface area (Å²) in [5.41, 5.74) is 1.28. The van der Waals surface area contributed by atoms with Crippen LogP contribution >= 0.6 is 22.9 Å².